The van der Waals surface area contributed by atoms with Gasteiger partial charge in [0.05, 0.1) is 11.2 Å². The molecule has 0 bridgehead atoms. The first kappa shape index (κ1) is 10.1. The second-order valence-corrected chi connectivity index (χ2v) is 4.80. The molecule has 0 radical (unpaired) electrons. The number of aromatic nitrogens is 1. The van der Waals surface area contributed by atoms with Crippen molar-refractivity contribution in [2.75, 3.05) is 13.1 Å². The molecule has 1 aliphatic carbocycles. The summed E-state index contributed by atoms with van der Waals surface area (Å²) in [5, 5.41) is 5.67. The first-order valence-corrected chi connectivity index (χ1v) is 6.47. The molecule has 1 aromatic heterocycles. The lowest BCUT2D eigenvalue weighted by molar-refractivity contribution is 0.491. The molecule has 1 heterocycles. The van der Waals surface area contributed by atoms with Crippen LogP contribution in [-0.2, 0) is 6.42 Å². The minimum absolute atomic E-state index is 0.949. The van der Waals surface area contributed by atoms with Gasteiger partial charge in [0.25, 0.3) is 0 Å². The summed E-state index contributed by atoms with van der Waals surface area (Å²) in [6.45, 7) is 2.30. The molecule has 2 rings (SSSR count). The monoisotopic (exact) mass is 210 g/mol. The second-order valence-electron chi connectivity index (χ2n) is 4.08. The standard InChI is InChI=1S/C11H18N2S/c1-2-4-10(3-1)7-12-6-5-11-8-14-9-13-11/h8-10,12H,1-7H2. The van der Waals surface area contributed by atoms with Crippen molar-refractivity contribution in [1.29, 1.82) is 0 Å². The van der Waals surface area contributed by atoms with Gasteiger partial charge in [-0.1, -0.05) is 12.8 Å². The molecule has 1 fully saturated rings. The summed E-state index contributed by atoms with van der Waals surface area (Å²) in [5.41, 5.74) is 3.14. The fourth-order valence-electron chi connectivity index (χ4n) is 2.10. The van der Waals surface area contributed by atoms with Crippen LogP contribution in [0.25, 0.3) is 0 Å². The molecule has 14 heavy (non-hydrogen) atoms. The third-order valence-electron chi connectivity index (χ3n) is 2.95. The predicted octanol–water partition coefficient (Wildman–Crippen LogP) is 2.47. The Morgan fingerprint density at radius 1 is 1.43 bits per heavy atom. The van der Waals surface area contributed by atoms with Crippen molar-refractivity contribution in [3.05, 3.63) is 16.6 Å². The maximum Gasteiger partial charge on any atom is 0.0794 e. The SMILES string of the molecule is c1nc(CCNCC2CCCC2)cs1. The van der Waals surface area contributed by atoms with E-state index in [-0.39, 0.29) is 0 Å². The molecule has 0 amide bonds. The fraction of sp³-hybridized carbons (Fsp3) is 0.727. The van der Waals surface area contributed by atoms with Gasteiger partial charge in [0, 0.05) is 18.3 Å². The van der Waals surface area contributed by atoms with E-state index in [2.05, 4.69) is 15.7 Å². The Morgan fingerprint density at radius 3 is 3.00 bits per heavy atom. The van der Waals surface area contributed by atoms with Crippen LogP contribution in [0.1, 0.15) is 31.4 Å². The van der Waals surface area contributed by atoms with E-state index in [1.54, 1.807) is 11.3 Å². The highest BCUT2D eigenvalue weighted by molar-refractivity contribution is 7.07. The van der Waals surface area contributed by atoms with Crippen LogP contribution in [0.4, 0.5) is 0 Å². The summed E-state index contributed by atoms with van der Waals surface area (Å²) in [6, 6.07) is 0. The summed E-state index contributed by atoms with van der Waals surface area (Å²) in [7, 11) is 0. The molecule has 1 aliphatic rings. The molecule has 1 N–H and O–H groups in total. The lowest BCUT2D eigenvalue weighted by atomic mass is 10.1. The van der Waals surface area contributed by atoms with Crippen molar-refractivity contribution < 1.29 is 0 Å². The smallest absolute Gasteiger partial charge is 0.0794 e. The van der Waals surface area contributed by atoms with Gasteiger partial charge in [0.1, 0.15) is 0 Å². The molecular weight excluding hydrogens is 192 g/mol. The molecule has 0 aliphatic heterocycles. The van der Waals surface area contributed by atoms with Crippen molar-refractivity contribution in [3.63, 3.8) is 0 Å². The summed E-state index contributed by atoms with van der Waals surface area (Å²) < 4.78 is 0. The number of nitrogens with zero attached hydrogens (tertiary/aromatic N) is 1. The maximum absolute atomic E-state index is 4.26. The maximum atomic E-state index is 4.26. The van der Waals surface area contributed by atoms with Crippen molar-refractivity contribution in [2.45, 2.75) is 32.1 Å². The molecule has 0 atom stereocenters. The van der Waals surface area contributed by atoms with Gasteiger partial charge in [-0.3, -0.25) is 0 Å². The van der Waals surface area contributed by atoms with E-state index in [0.29, 0.717) is 0 Å². The van der Waals surface area contributed by atoms with Crippen LogP contribution < -0.4 is 5.32 Å². The Kier molecular flexibility index (Phi) is 3.95. The first-order valence-electron chi connectivity index (χ1n) is 5.53. The van der Waals surface area contributed by atoms with E-state index < -0.39 is 0 Å². The van der Waals surface area contributed by atoms with Crippen LogP contribution in [0.15, 0.2) is 10.9 Å². The van der Waals surface area contributed by atoms with Crippen LogP contribution in [0.2, 0.25) is 0 Å². The minimum atomic E-state index is 0.949. The first-order chi connectivity index (χ1) is 6.95. The Labute approximate surface area is 89.8 Å². The number of thiazole rings is 1. The van der Waals surface area contributed by atoms with Crippen LogP contribution in [0.3, 0.4) is 0 Å². The average molecular weight is 210 g/mol. The number of hydrogen-bond donors (Lipinski definition) is 1. The average Bonchev–Trinajstić information content (AvgIpc) is 2.86. The van der Waals surface area contributed by atoms with Crippen LogP contribution in [0, 0.1) is 5.92 Å². The van der Waals surface area contributed by atoms with Gasteiger partial charge in [-0.15, -0.1) is 11.3 Å². The second kappa shape index (κ2) is 5.47. The highest BCUT2D eigenvalue weighted by Gasteiger charge is 2.13. The lowest BCUT2D eigenvalue weighted by Gasteiger charge is -2.09. The van der Waals surface area contributed by atoms with E-state index in [1.807, 2.05) is 5.51 Å². The van der Waals surface area contributed by atoms with E-state index >= 15 is 0 Å². The van der Waals surface area contributed by atoms with E-state index in [4.69, 9.17) is 0 Å². The van der Waals surface area contributed by atoms with Crippen LogP contribution in [0.5, 0.6) is 0 Å². The largest absolute Gasteiger partial charge is 0.316 e. The third kappa shape index (κ3) is 3.07. The molecular formula is C11H18N2S. The van der Waals surface area contributed by atoms with Gasteiger partial charge >= 0.3 is 0 Å². The zero-order valence-electron chi connectivity index (χ0n) is 8.54. The van der Waals surface area contributed by atoms with E-state index in [9.17, 15) is 0 Å². The lowest BCUT2D eigenvalue weighted by Crippen LogP contribution is -2.23. The Balaban J connectivity index is 1.55. The number of hydrogen-bond acceptors (Lipinski definition) is 3. The third-order valence-corrected chi connectivity index (χ3v) is 3.58. The summed E-state index contributed by atoms with van der Waals surface area (Å²) in [4.78, 5) is 4.26. The fourth-order valence-corrected chi connectivity index (χ4v) is 2.69. The number of rotatable bonds is 5. The van der Waals surface area contributed by atoms with Gasteiger partial charge in [0.2, 0.25) is 0 Å². The zero-order valence-corrected chi connectivity index (χ0v) is 9.35. The van der Waals surface area contributed by atoms with Crippen molar-refractivity contribution in [3.8, 4) is 0 Å². The van der Waals surface area contributed by atoms with Crippen molar-refractivity contribution in [1.82, 2.24) is 10.3 Å². The molecule has 0 aromatic carbocycles. The molecule has 1 aromatic rings. The van der Waals surface area contributed by atoms with Gasteiger partial charge in [-0.2, -0.15) is 0 Å². The van der Waals surface area contributed by atoms with Crippen LogP contribution >= 0.6 is 11.3 Å². The molecule has 0 unspecified atom stereocenters. The van der Waals surface area contributed by atoms with Crippen LogP contribution in [-0.4, -0.2) is 18.1 Å². The van der Waals surface area contributed by atoms with E-state index in [0.717, 1.165) is 18.9 Å². The van der Waals surface area contributed by atoms with Gasteiger partial charge < -0.3 is 5.32 Å². The molecule has 78 valence electrons. The van der Waals surface area contributed by atoms with Crippen molar-refractivity contribution >= 4 is 11.3 Å². The molecule has 0 spiro atoms. The Bertz CT molecular complexity index is 240. The number of nitrogens with one attached hydrogen (secondary N) is 1. The highest BCUT2D eigenvalue weighted by atomic mass is 32.1. The highest BCUT2D eigenvalue weighted by Crippen LogP contribution is 2.23. The zero-order chi connectivity index (χ0) is 9.64. The topological polar surface area (TPSA) is 24.9 Å². The normalized spacial score (nSPS) is 17.7. The summed E-state index contributed by atoms with van der Waals surface area (Å²) >= 11 is 1.68. The van der Waals surface area contributed by atoms with Gasteiger partial charge in [-0.25, -0.2) is 4.98 Å². The van der Waals surface area contributed by atoms with Crippen molar-refractivity contribution in [2.24, 2.45) is 5.92 Å². The molecule has 1 saturated carbocycles. The Hall–Kier alpha value is -0.410. The minimum Gasteiger partial charge on any atom is -0.316 e. The van der Waals surface area contributed by atoms with Gasteiger partial charge in [-0.05, 0) is 25.3 Å². The molecule has 0 saturated heterocycles. The Morgan fingerprint density at radius 2 is 2.29 bits per heavy atom. The quantitative estimate of drug-likeness (QED) is 0.755. The summed E-state index contributed by atoms with van der Waals surface area (Å²) in [5.74, 6) is 0.949. The molecule has 3 heteroatoms. The molecule has 2 nitrogen and oxygen atoms in total. The van der Waals surface area contributed by atoms with Gasteiger partial charge in [0.15, 0.2) is 0 Å². The predicted molar refractivity (Wildman–Crippen MR) is 60.6 cm³/mol. The summed E-state index contributed by atoms with van der Waals surface area (Å²) in [6.07, 6.45) is 6.83. The van der Waals surface area contributed by atoms with E-state index in [1.165, 1.54) is 37.9 Å².